The zero-order chi connectivity index (χ0) is 4.83. The van der Waals surface area contributed by atoms with Crippen molar-refractivity contribution in [3.05, 3.63) is 17.6 Å². The summed E-state index contributed by atoms with van der Waals surface area (Å²) in [7, 11) is 0. The van der Waals surface area contributed by atoms with E-state index in [4.69, 9.17) is 4.91 Å². The van der Waals surface area contributed by atoms with Gasteiger partial charge in [-0.3, -0.25) is 5.43 Å². The summed E-state index contributed by atoms with van der Waals surface area (Å²) >= 11 is 0. The predicted octanol–water partition coefficient (Wildman–Crippen LogP) is 0.865. The standard InChI is InChI=1S/C3H6N2O.ClH/c1-2-3-4-5-6;/h2H,1,3H2,(H,4,6);1H. The summed E-state index contributed by atoms with van der Waals surface area (Å²) in [5, 5.41) is 2.35. The highest BCUT2D eigenvalue weighted by Crippen LogP contribution is 1.55. The maximum Gasteiger partial charge on any atom is 0.0539 e. The first kappa shape index (κ1) is 9.66. The average Bonchev–Trinajstić information content (AvgIpc) is 1.61. The van der Waals surface area contributed by atoms with Crippen molar-refractivity contribution in [1.82, 2.24) is 5.43 Å². The molecule has 0 bridgehead atoms. The number of hydrogen-bond acceptors (Lipinski definition) is 2. The van der Waals surface area contributed by atoms with Crippen LogP contribution in [0.3, 0.4) is 0 Å². The Hall–Kier alpha value is -0.570. The Kier molecular flexibility index (Phi) is 12.5. The number of hydrogen-bond donors (Lipinski definition) is 1. The molecule has 0 rings (SSSR count). The number of halogens is 1. The SMILES string of the molecule is C=CCNN=O.Cl. The van der Waals surface area contributed by atoms with Gasteiger partial charge in [0.25, 0.3) is 0 Å². The molecular formula is C3H7ClN2O. The van der Waals surface area contributed by atoms with E-state index in [0.717, 1.165) is 0 Å². The summed E-state index contributed by atoms with van der Waals surface area (Å²) in [5.41, 5.74) is 2.15. The quantitative estimate of drug-likeness (QED) is 0.261. The lowest BCUT2D eigenvalue weighted by atomic mass is 10.7. The first-order valence-electron chi connectivity index (χ1n) is 1.58. The smallest absolute Gasteiger partial charge is 0.0539 e. The number of rotatable bonds is 3. The van der Waals surface area contributed by atoms with Crippen LogP contribution in [0.5, 0.6) is 0 Å². The molecule has 0 spiro atoms. The Balaban J connectivity index is 0. The second-order valence-electron chi connectivity index (χ2n) is 0.742. The molecule has 0 unspecified atom stereocenters. The summed E-state index contributed by atoms with van der Waals surface area (Å²) in [6.07, 6.45) is 1.56. The molecule has 0 aliphatic rings. The van der Waals surface area contributed by atoms with Gasteiger partial charge in [0.2, 0.25) is 0 Å². The lowest BCUT2D eigenvalue weighted by molar-refractivity contribution is 0.817. The molecule has 42 valence electrons. The highest BCUT2D eigenvalue weighted by Gasteiger charge is 1.64. The van der Waals surface area contributed by atoms with Gasteiger partial charge in [0.15, 0.2) is 0 Å². The van der Waals surface area contributed by atoms with Gasteiger partial charge in [0, 0.05) is 5.29 Å². The third-order valence-electron chi connectivity index (χ3n) is 0.300. The Morgan fingerprint density at radius 2 is 2.43 bits per heavy atom. The zero-order valence-corrected chi connectivity index (χ0v) is 4.57. The van der Waals surface area contributed by atoms with Crippen LogP contribution >= 0.6 is 12.4 Å². The Morgan fingerprint density at radius 3 is 2.57 bits per heavy atom. The molecule has 0 radical (unpaired) electrons. The van der Waals surface area contributed by atoms with E-state index in [2.05, 4.69) is 17.3 Å². The Morgan fingerprint density at radius 1 is 1.86 bits per heavy atom. The molecule has 0 heterocycles. The van der Waals surface area contributed by atoms with Gasteiger partial charge in [-0.15, -0.1) is 23.9 Å². The van der Waals surface area contributed by atoms with Crippen LogP contribution in [0.4, 0.5) is 0 Å². The summed E-state index contributed by atoms with van der Waals surface area (Å²) < 4.78 is 0. The van der Waals surface area contributed by atoms with Gasteiger partial charge in [0.1, 0.15) is 0 Å². The van der Waals surface area contributed by atoms with Crippen molar-refractivity contribution in [2.75, 3.05) is 6.54 Å². The van der Waals surface area contributed by atoms with E-state index >= 15 is 0 Å². The lowest BCUT2D eigenvalue weighted by Crippen LogP contribution is -2.00. The molecule has 0 aromatic heterocycles. The summed E-state index contributed by atoms with van der Waals surface area (Å²) in [6, 6.07) is 0. The van der Waals surface area contributed by atoms with Crippen molar-refractivity contribution in [2.45, 2.75) is 0 Å². The summed E-state index contributed by atoms with van der Waals surface area (Å²) in [6.45, 7) is 3.78. The number of nitrogens with zero attached hydrogens (tertiary/aromatic N) is 1. The van der Waals surface area contributed by atoms with Crippen LogP contribution in [0.25, 0.3) is 0 Å². The van der Waals surface area contributed by atoms with E-state index in [9.17, 15) is 0 Å². The van der Waals surface area contributed by atoms with Gasteiger partial charge < -0.3 is 0 Å². The fourth-order valence-electron chi connectivity index (χ4n) is 0.102. The monoisotopic (exact) mass is 122 g/mol. The average molecular weight is 123 g/mol. The molecule has 0 amide bonds. The van der Waals surface area contributed by atoms with E-state index < -0.39 is 0 Å². The Labute approximate surface area is 48.1 Å². The first-order chi connectivity index (χ1) is 2.91. The highest BCUT2D eigenvalue weighted by molar-refractivity contribution is 5.85. The molecule has 1 N–H and O–H groups in total. The number of nitroso groups, excluding NO2 is 1. The van der Waals surface area contributed by atoms with Crippen LogP contribution < -0.4 is 5.43 Å². The molecule has 0 aromatic rings. The molecular weight excluding hydrogens is 115 g/mol. The highest BCUT2D eigenvalue weighted by atomic mass is 35.5. The first-order valence-corrected chi connectivity index (χ1v) is 1.58. The summed E-state index contributed by atoms with van der Waals surface area (Å²) in [4.78, 5) is 9.15. The van der Waals surface area contributed by atoms with E-state index in [0.29, 0.717) is 6.54 Å². The second-order valence-corrected chi connectivity index (χ2v) is 0.742. The largest absolute Gasteiger partial charge is 0.270 e. The molecule has 7 heavy (non-hydrogen) atoms. The van der Waals surface area contributed by atoms with E-state index in [1.54, 1.807) is 6.08 Å². The molecule has 0 saturated carbocycles. The topological polar surface area (TPSA) is 41.5 Å². The van der Waals surface area contributed by atoms with Crippen LogP contribution in [0.2, 0.25) is 0 Å². The van der Waals surface area contributed by atoms with Gasteiger partial charge in [0.05, 0.1) is 6.54 Å². The maximum absolute atomic E-state index is 9.15. The normalized spacial score (nSPS) is 5.71. The molecule has 0 aromatic carbocycles. The van der Waals surface area contributed by atoms with Crippen molar-refractivity contribution in [2.24, 2.45) is 5.29 Å². The van der Waals surface area contributed by atoms with Crippen LogP contribution in [-0.4, -0.2) is 6.54 Å². The molecule has 0 aliphatic carbocycles. The zero-order valence-electron chi connectivity index (χ0n) is 3.76. The number of nitrogens with one attached hydrogen (secondary N) is 1. The van der Waals surface area contributed by atoms with Crippen molar-refractivity contribution in [3.8, 4) is 0 Å². The van der Waals surface area contributed by atoms with Crippen molar-refractivity contribution in [3.63, 3.8) is 0 Å². The fourth-order valence-corrected chi connectivity index (χ4v) is 0.102. The van der Waals surface area contributed by atoms with Crippen LogP contribution in [0.1, 0.15) is 0 Å². The van der Waals surface area contributed by atoms with Crippen LogP contribution in [0.15, 0.2) is 17.9 Å². The van der Waals surface area contributed by atoms with Crippen LogP contribution in [0, 0.1) is 4.91 Å². The molecule has 0 atom stereocenters. The molecule has 4 heteroatoms. The maximum atomic E-state index is 9.15. The van der Waals surface area contributed by atoms with Crippen molar-refractivity contribution < 1.29 is 0 Å². The van der Waals surface area contributed by atoms with Gasteiger partial charge in [-0.1, -0.05) is 6.08 Å². The van der Waals surface area contributed by atoms with E-state index in [1.165, 1.54) is 0 Å². The minimum atomic E-state index is 0. The van der Waals surface area contributed by atoms with Crippen molar-refractivity contribution >= 4 is 12.4 Å². The lowest BCUT2D eigenvalue weighted by Gasteiger charge is -1.79. The molecule has 0 saturated heterocycles. The van der Waals surface area contributed by atoms with Gasteiger partial charge in [-0.2, -0.15) is 0 Å². The van der Waals surface area contributed by atoms with Gasteiger partial charge in [-0.25, -0.2) is 0 Å². The Bertz CT molecular complexity index is 48.9. The van der Waals surface area contributed by atoms with Gasteiger partial charge >= 0.3 is 0 Å². The van der Waals surface area contributed by atoms with Gasteiger partial charge in [-0.05, 0) is 0 Å². The van der Waals surface area contributed by atoms with E-state index in [-0.39, 0.29) is 12.4 Å². The van der Waals surface area contributed by atoms with Crippen LogP contribution in [-0.2, 0) is 0 Å². The minimum Gasteiger partial charge on any atom is -0.270 e. The second kappa shape index (κ2) is 9.06. The van der Waals surface area contributed by atoms with E-state index in [1.807, 2.05) is 0 Å². The third kappa shape index (κ3) is 10.8. The predicted molar refractivity (Wildman–Crippen MR) is 31.2 cm³/mol. The third-order valence-corrected chi connectivity index (χ3v) is 0.300. The summed E-state index contributed by atoms with van der Waals surface area (Å²) in [5.74, 6) is 0. The fraction of sp³-hybridized carbons (Fsp3) is 0.333. The molecule has 3 nitrogen and oxygen atoms in total. The molecule has 0 aliphatic heterocycles. The minimum absolute atomic E-state index is 0. The molecule has 0 fully saturated rings. The van der Waals surface area contributed by atoms with Crippen molar-refractivity contribution in [1.29, 1.82) is 0 Å².